The SMILES string of the molecule is O=C(Nc1ccc(Br)cc1)c1ccc2c(c1)C(=O)N(Cc1ccco1)C2=O. The van der Waals surface area contributed by atoms with Gasteiger partial charge >= 0.3 is 0 Å². The van der Waals surface area contributed by atoms with Gasteiger partial charge in [-0.15, -0.1) is 0 Å². The molecule has 2 aromatic carbocycles. The Bertz CT molecular complexity index is 1040. The van der Waals surface area contributed by atoms with Crippen LogP contribution in [0.25, 0.3) is 0 Å². The highest BCUT2D eigenvalue weighted by atomic mass is 79.9. The van der Waals surface area contributed by atoms with Gasteiger partial charge in [0.05, 0.1) is 23.9 Å². The minimum absolute atomic E-state index is 0.0553. The highest BCUT2D eigenvalue weighted by Crippen LogP contribution is 2.26. The average molecular weight is 425 g/mol. The number of hydrogen-bond acceptors (Lipinski definition) is 4. The molecule has 1 aliphatic rings. The second-order valence-electron chi connectivity index (χ2n) is 6.00. The Hall–Kier alpha value is -3.19. The van der Waals surface area contributed by atoms with Gasteiger partial charge in [-0.1, -0.05) is 15.9 Å². The number of furan rings is 1. The van der Waals surface area contributed by atoms with E-state index in [9.17, 15) is 14.4 Å². The summed E-state index contributed by atoms with van der Waals surface area (Å²) >= 11 is 3.34. The smallest absolute Gasteiger partial charge is 0.261 e. The molecule has 3 aromatic rings. The van der Waals surface area contributed by atoms with E-state index in [-0.39, 0.29) is 23.6 Å². The highest BCUT2D eigenvalue weighted by molar-refractivity contribution is 9.10. The van der Waals surface area contributed by atoms with Crippen molar-refractivity contribution in [1.29, 1.82) is 0 Å². The molecule has 4 rings (SSSR count). The summed E-state index contributed by atoms with van der Waals surface area (Å²) < 4.78 is 6.12. The van der Waals surface area contributed by atoms with Crippen LogP contribution in [0.2, 0.25) is 0 Å². The minimum atomic E-state index is -0.440. The van der Waals surface area contributed by atoms with Gasteiger partial charge in [0.1, 0.15) is 5.76 Å². The topological polar surface area (TPSA) is 79.6 Å². The number of hydrogen-bond donors (Lipinski definition) is 1. The van der Waals surface area contributed by atoms with E-state index in [1.165, 1.54) is 24.5 Å². The van der Waals surface area contributed by atoms with Crippen molar-refractivity contribution in [2.45, 2.75) is 6.54 Å². The van der Waals surface area contributed by atoms with Crippen LogP contribution in [0.1, 0.15) is 36.8 Å². The largest absolute Gasteiger partial charge is 0.467 e. The van der Waals surface area contributed by atoms with Crippen LogP contribution >= 0.6 is 15.9 Å². The predicted molar refractivity (Wildman–Crippen MR) is 101 cm³/mol. The molecule has 0 spiro atoms. The molecule has 0 bridgehead atoms. The fourth-order valence-electron chi connectivity index (χ4n) is 2.87. The number of nitrogens with one attached hydrogen (secondary N) is 1. The Balaban J connectivity index is 1.57. The van der Waals surface area contributed by atoms with Crippen LogP contribution in [0.5, 0.6) is 0 Å². The van der Waals surface area contributed by atoms with Gasteiger partial charge in [0.15, 0.2) is 0 Å². The number of imide groups is 1. The molecule has 7 heteroatoms. The van der Waals surface area contributed by atoms with Crippen molar-refractivity contribution in [3.8, 4) is 0 Å². The Labute approximate surface area is 162 Å². The molecular formula is C20H13BrN2O4. The van der Waals surface area contributed by atoms with E-state index in [4.69, 9.17) is 4.42 Å². The minimum Gasteiger partial charge on any atom is -0.467 e. The van der Waals surface area contributed by atoms with Gasteiger partial charge in [-0.25, -0.2) is 0 Å². The third-order valence-electron chi connectivity index (χ3n) is 4.23. The Morgan fingerprint density at radius 3 is 2.44 bits per heavy atom. The van der Waals surface area contributed by atoms with Gasteiger partial charge in [-0.2, -0.15) is 0 Å². The van der Waals surface area contributed by atoms with E-state index in [1.807, 2.05) is 12.1 Å². The van der Waals surface area contributed by atoms with Crippen molar-refractivity contribution < 1.29 is 18.8 Å². The second kappa shape index (κ2) is 6.85. The fourth-order valence-corrected chi connectivity index (χ4v) is 3.13. The van der Waals surface area contributed by atoms with Crippen molar-refractivity contribution in [2.24, 2.45) is 0 Å². The van der Waals surface area contributed by atoms with Crippen LogP contribution in [-0.2, 0) is 6.54 Å². The lowest BCUT2D eigenvalue weighted by Gasteiger charge is -2.11. The fraction of sp³-hybridized carbons (Fsp3) is 0.0500. The standard InChI is InChI=1S/C20H13BrN2O4/c21-13-4-6-14(7-5-13)22-18(24)12-3-8-16-17(10-12)20(26)23(19(16)25)11-15-2-1-9-27-15/h1-10H,11H2,(H,22,24). The Morgan fingerprint density at radius 1 is 1.00 bits per heavy atom. The molecule has 1 aromatic heterocycles. The number of benzene rings is 2. The molecular weight excluding hydrogens is 412 g/mol. The van der Waals surface area contributed by atoms with Gasteiger partial charge in [-0.05, 0) is 54.6 Å². The monoisotopic (exact) mass is 424 g/mol. The number of nitrogens with zero attached hydrogens (tertiary/aromatic N) is 1. The molecule has 0 saturated carbocycles. The number of carbonyl (C=O) groups excluding carboxylic acids is 3. The van der Waals surface area contributed by atoms with Crippen LogP contribution in [0.4, 0.5) is 5.69 Å². The molecule has 0 aliphatic carbocycles. The Kier molecular flexibility index (Phi) is 4.37. The summed E-state index contributed by atoms with van der Waals surface area (Å²) in [5.74, 6) is -0.682. The molecule has 1 aliphatic heterocycles. The first-order valence-corrected chi connectivity index (χ1v) is 8.92. The average Bonchev–Trinajstić information content (AvgIpc) is 3.26. The molecule has 1 N–H and O–H groups in total. The van der Waals surface area contributed by atoms with Crippen molar-refractivity contribution >= 4 is 39.3 Å². The van der Waals surface area contributed by atoms with E-state index in [0.29, 0.717) is 17.0 Å². The summed E-state index contributed by atoms with van der Waals surface area (Å²) in [5, 5.41) is 2.77. The van der Waals surface area contributed by atoms with Crippen LogP contribution < -0.4 is 5.32 Å². The molecule has 0 radical (unpaired) electrons. The first-order chi connectivity index (χ1) is 13.0. The molecule has 134 valence electrons. The summed E-state index contributed by atoms with van der Waals surface area (Å²) in [5.41, 5.74) is 1.44. The van der Waals surface area contributed by atoms with E-state index in [2.05, 4.69) is 21.2 Å². The number of anilines is 1. The zero-order valence-electron chi connectivity index (χ0n) is 13.9. The summed E-state index contributed by atoms with van der Waals surface area (Å²) in [6.45, 7) is 0.0553. The van der Waals surface area contributed by atoms with Crippen LogP contribution in [0.15, 0.2) is 69.8 Å². The predicted octanol–water partition coefficient (Wildman–Crippen LogP) is 4.09. The number of halogens is 1. The van der Waals surface area contributed by atoms with Crippen molar-refractivity contribution in [3.05, 3.63) is 87.8 Å². The molecule has 2 heterocycles. The molecule has 0 atom stereocenters. The molecule has 0 unspecified atom stereocenters. The zero-order valence-corrected chi connectivity index (χ0v) is 15.5. The zero-order chi connectivity index (χ0) is 19.0. The van der Waals surface area contributed by atoms with E-state index >= 15 is 0 Å². The normalized spacial score (nSPS) is 13.0. The van der Waals surface area contributed by atoms with Gasteiger partial charge in [0.25, 0.3) is 17.7 Å². The maximum absolute atomic E-state index is 12.6. The Morgan fingerprint density at radius 2 is 1.74 bits per heavy atom. The van der Waals surface area contributed by atoms with E-state index in [0.717, 1.165) is 9.37 Å². The highest BCUT2D eigenvalue weighted by Gasteiger charge is 2.36. The van der Waals surface area contributed by atoms with E-state index in [1.54, 1.807) is 24.3 Å². The van der Waals surface area contributed by atoms with Gasteiger partial charge < -0.3 is 9.73 Å². The van der Waals surface area contributed by atoms with Gasteiger partial charge in [0.2, 0.25) is 0 Å². The number of amides is 3. The maximum atomic E-state index is 12.6. The van der Waals surface area contributed by atoms with E-state index < -0.39 is 11.8 Å². The first kappa shape index (κ1) is 17.2. The molecule has 6 nitrogen and oxygen atoms in total. The lowest BCUT2D eigenvalue weighted by molar-refractivity contribution is 0.0631. The molecule has 3 amide bonds. The van der Waals surface area contributed by atoms with Crippen molar-refractivity contribution in [2.75, 3.05) is 5.32 Å². The second-order valence-corrected chi connectivity index (χ2v) is 6.91. The van der Waals surface area contributed by atoms with Crippen LogP contribution in [-0.4, -0.2) is 22.6 Å². The summed E-state index contributed by atoms with van der Waals surface area (Å²) in [6, 6.07) is 15.0. The van der Waals surface area contributed by atoms with Crippen molar-refractivity contribution in [3.63, 3.8) is 0 Å². The lowest BCUT2D eigenvalue weighted by atomic mass is 10.1. The molecule has 0 saturated heterocycles. The van der Waals surface area contributed by atoms with Crippen LogP contribution in [0.3, 0.4) is 0 Å². The molecule has 0 fully saturated rings. The number of rotatable bonds is 4. The third-order valence-corrected chi connectivity index (χ3v) is 4.76. The first-order valence-electron chi connectivity index (χ1n) is 8.12. The summed E-state index contributed by atoms with van der Waals surface area (Å²) in [7, 11) is 0. The van der Waals surface area contributed by atoms with Gasteiger partial charge in [-0.3, -0.25) is 19.3 Å². The summed E-state index contributed by atoms with van der Waals surface area (Å²) in [6.07, 6.45) is 1.48. The van der Waals surface area contributed by atoms with Crippen LogP contribution in [0, 0.1) is 0 Å². The number of carbonyl (C=O) groups is 3. The van der Waals surface area contributed by atoms with Gasteiger partial charge in [0, 0.05) is 15.7 Å². The maximum Gasteiger partial charge on any atom is 0.261 e. The third kappa shape index (κ3) is 3.29. The summed E-state index contributed by atoms with van der Waals surface area (Å²) in [4.78, 5) is 38.7. The molecule has 27 heavy (non-hydrogen) atoms. The number of fused-ring (bicyclic) bond motifs is 1. The quantitative estimate of drug-likeness (QED) is 0.639. The lowest BCUT2D eigenvalue weighted by Crippen LogP contribution is -2.28. The van der Waals surface area contributed by atoms with Crippen molar-refractivity contribution in [1.82, 2.24) is 4.90 Å².